The lowest BCUT2D eigenvalue weighted by Crippen LogP contribution is -2.35. The molecule has 1 aromatic carbocycles. The first-order valence-electron chi connectivity index (χ1n) is 5.09. The molecule has 0 spiro atoms. The van der Waals surface area contributed by atoms with Gasteiger partial charge in [0, 0.05) is 0 Å². The zero-order chi connectivity index (χ0) is 11.3. The SMILES string of the molecule is CC(C)OC(=O)[C@H](N)Cc1ccccc1. The van der Waals surface area contributed by atoms with Crippen molar-refractivity contribution in [2.45, 2.75) is 32.4 Å². The van der Waals surface area contributed by atoms with Crippen LogP contribution in [0.2, 0.25) is 0 Å². The van der Waals surface area contributed by atoms with Crippen LogP contribution in [0, 0.1) is 0 Å². The standard InChI is InChI=1S/C12H17NO2/c1-9(2)15-12(14)11(13)8-10-6-4-3-5-7-10/h3-7,9,11H,8,13H2,1-2H3/t11-/m1/s1. The molecule has 0 aliphatic carbocycles. The molecule has 1 rings (SSSR count). The van der Waals surface area contributed by atoms with Gasteiger partial charge in [0.05, 0.1) is 6.10 Å². The molecule has 0 radical (unpaired) electrons. The van der Waals surface area contributed by atoms with Crippen LogP contribution >= 0.6 is 0 Å². The van der Waals surface area contributed by atoms with E-state index in [1.54, 1.807) is 0 Å². The Morgan fingerprint density at radius 2 is 1.93 bits per heavy atom. The highest BCUT2D eigenvalue weighted by Gasteiger charge is 2.16. The molecule has 0 aromatic heterocycles. The van der Waals surface area contributed by atoms with E-state index in [0.717, 1.165) is 5.56 Å². The Morgan fingerprint density at radius 3 is 2.47 bits per heavy atom. The predicted molar refractivity (Wildman–Crippen MR) is 59.3 cm³/mol. The van der Waals surface area contributed by atoms with Crippen molar-refractivity contribution < 1.29 is 9.53 Å². The van der Waals surface area contributed by atoms with Gasteiger partial charge in [-0.05, 0) is 25.8 Å². The number of carbonyl (C=O) groups excluding carboxylic acids is 1. The third-order valence-electron chi connectivity index (χ3n) is 1.95. The molecule has 0 bridgehead atoms. The molecule has 3 heteroatoms. The lowest BCUT2D eigenvalue weighted by Gasteiger charge is -2.13. The number of carbonyl (C=O) groups is 1. The Balaban J connectivity index is 2.49. The van der Waals surface area contributed by atoms with E-state index in [4.69, 9.17) is 10.5 Å². The summed E-state index contributed by atoms with van der Waals surface area (Å²) in [6, 6.07) is 9.10. The smallest absolute Gasteiger partial charge is 0.323 e. The topological polar surface area (TPSA) is 52.3 Å². The summed E-state index contributed by atoms with van der Waals surface area (Å²) in [7, 11) is 0. The molecule has 0 unspecified atom stereocenters. The van der Waals surface area contributed by atoms with Crippen LogP contribution in [0.3, 0.4) is 0 Å². The lowest BCUT2D eigenvalue weighted by atomic mass is 10.1. The quantitative estimate of drug-likeness (QED) is 0.761. The second-order valence-corrected chi connectivity index (χ2v) is 3.78. The average Bonchev–Trinajstić information content (AvgIpc) is 2.18. The first kappa shape index (κ1) is 11.7. The van der Waals surface area contributed by atoms with E-state index in [0.29, 0.717) is 6.42 Å². The van der Waals surface area contributed by atoms with E-state index < -0.39 is 6.04 Å². The Labute approximate surface area is 90.2 Å². The molecule has 0 aliphatic rings. The Kier molecular flexibility index (Phi) is 4.31. The maximum absolute atomic E-state index is 11.4. The van der Waals surface area contributed by atoms with Crippen molar-refractivity contribution in [3.05, 3.63) is 35.9 Å². The molecule has 0 heterocycles. The average molecular weight is 207 g/mol. The fraction of sp³-hybridized carbons (Fsp3) is 0.417. The molecule has 15 heavy (non-hydrogen) atoms. The first-order chi connectivity index (χ1) is 7.09. The fourth-order valence-electron chi connectivity index (χ4n) is 1.27. The summed E-state index contributed by atoms with van der Waals surface area (Å²) >= 11 is 0. The van der Waals surface area contributed by atoms with Crippen molar-refractivity contribution in [2.75, 3.05) is 0 Å². The summed E-state index contributed by atoms with van der Waals surface area (Å²) in [5.74, 6) is -0.339. The van der Waals surface area contributed by atoms with Gasteiger partial charge < -0.3 is 10.5 Å². The largest absolute Gasteiger partial charge is 0.462 e. The van der Waals surface area contributed by atoms with Crippen molar-refractivity contribution in [1.29, 1.82) is 0 Å². The van der Waals surface area contributed by atoms with Crippen LogP contribution in [0.25, 0.3) is 0 Å². The van der Waals surface area contributed by atoms with Crippen LogP contribution < -0.4 is 5.73 Å². The number of hydrogen-bond acceptors (Lipinski definition) is 3. The highest BCUT2D eigenvalue weighted by atomic mass is 16.5. The molecule has 0 saturated heterocycles. The summed E-state index contributed by atoms with van der Waals surface area (Å²) < 4.78 is 5.02. The summed E-state index contributed by atoms with van der Waals surface area (Å²) in [4.78, 5) is 11.4. The van der Waals surface area contributed by atoms with Crippen LogP contribution in [-0.4, -0.2) is 18.1 Å². The summed E-state index contributed by atoms with van der Waals surface area (Å²) in [6.45, 7) is 3.63. The van der Waals surface area contributed by atoms with Gasteiger partial charge >= 0.3 is 5.97 Å². The molecular formula is C12H17NO2. The van der Waals surface area contributed by atoms with E-state index in [9.17, 15) is 4.79 Å². The Morgan fingerprint density at radius 1 is 1.33 bits per heavy atom. The number of nitrogens with two attached hydrogens (primary N) is 1. The van der Waals surface area contributed by atoms with Gasteiger partial charge in [0.15, 0.2) is 0 Å². The maximum Gasteiger partial charge on any atom is 0.323 e. The summed E-state index contributed by atoms with van der Waals surface area (Å²) in [5.41, 5.74) is 6.77. The molecule has 0 amide bonds. The summed E-state index contributed by atoms with van der Waals surface area (Å²) in [6.07, 6.45) is 0.408. The van der Waals surface area contributed by atoms with Gasteiger partial charge in [-0.25, -0.2) is 0 Å². The van der Waals surface area contributed by atoms with Gasteiger partial charge in [-0.2, -0.15) is 0 Å². The zero-order valence-electron chi connectivity index (χ0n) is 9.14. The minimum absolute atomic E-state index is 0.112. The highest BCUT2D eigenvalue weighted by Crippen LogP contribution is 2.03. The minimum atomic E-state index is -0.574. The lowest BCUT2D eigenvalue weighted by molar-refractivity contribution is -0.148. The number of hydrogen-bond donors (Lipinski definition) is 1. The van der Waals surface area contributed by atoms with Gasteiger partial charge in [-0.15, -0.1) is 0 Å². The monoisotopic (exact) mass is 207 g/mol. The molecular weight excluding hydrogens is 190 g/mol. The molecule has 1 atom stereocenters. The van der Waals surface area contributed by atoms with E-state index in [1.807, 2.05) is 44.2 Å². The van der Waals surface area contributed by atoms with Crippen LogP contribution in [0.15, 0.2) is 30.3 Å². The van der Waals surface area contributed by atoms with Crippen LogP contribution in [0.5, 0.6) is 0 Å². The van der Waals surface area contributed by atoms with Crippen LogP contribution in [0.1, 0.15) is 19.4 Å². The first-order valence-corrected chi connectivity index (χ1v) is 5.09. The Hall–Kier alpha value is -1.35. The number of rotatable bonds is 4. The van der Waals surface area contributed by atoms with Crippen LogP contribution in [0.4, 0.5) is 0 Å². The van der Waals surface area contributed by atoms with Crippen molar-refractivity contribution in [3.8, 4) is 0 Å². The number of benzene rings is 1. The third kappa shape index (κ3) is 4.13. The molecule has 3 nitrogen and oxygen atoms in total. The van der Waals surface area contributed by atoms with Crippen molar-refractivity contribution in [1.82, 2.24) is 0 Å². The van der Waals surface area contributed by atoms with Gasteiger partial charge in [0.2, 0.25) is 0 Å². The van der Waals surface area contributed by atoms with E-state index in [2.05, 4.69) is 0 Å². The van der Waals surface area contributed by atoms with Gasteiger partial charge in [-0.1, -0.05) is 30.3 Å². The van der Waals surface area contributed by atoms with Gasteiger partial charge in [0.25, 0.3) is 0 Å². The fourth-order valence-corrected chi connectivity index (χ4v) is 1.27. The summed E-state index contributed by atoms with van der Waals surface area (Å²) in [5, 5.41) is 0. The second-order valence-electron chi connectivity index (χ2n) is 3.78. The molecule has 0 saturated carbocycles. The van der Waals surface area contributed by atoms with Gasteiger partial charge in [0.1, 0.15) is 6.04 Å². The molecule has 1 aromatic rings. The maximum atomic E-state index is 11.4. The number of esters is 1. The predicted octanol–water partition coefficient (Wildman–Crippen LogP) is 1.51. The molecule has 0 aliphatic heterocycles. The highest BCUT2D eigenvalue weighted by molar-refractivity contribution is 5.76. The second kappa shape index (κ2) is 5.51. The van der Waals surface area contributed by atoms with Crippen LogP contribution in [-0.2, 0) is 16.0 Å². The minimum Gasteiger partial charge on any atom is -0.462 e. The van der Waals surface area contributed by atoms with E-state index >= 15 is 0 Å². The zero-order valence-corrected chi connectivity index (χ0v) is 9.14. The van der Waals surface area contributed by atoms with Crippen molar-refractivity contribution in [2.24, 2.45) is 5.73 Å². The molecule has 0 fully saturated rings. The van der Waals surface area contributed by atoms with Gasteiger partial charge in [-0.3, -0.25) is 4.79 Å². The van der Waals surface area contributed by atoms with Crippen molar-refractivity contribution in [3.63, 3.8) is 0 Å². The molecule has 2 N–H and O–H groups in total. The third-order valence-corrected chi connectivity index (χ3v) is 1.95. The van der Waals surface area contributed by atoms with Crippen molar-refractivity contribution >= 4 is 5.97 Å². The molecule has 82 valence electrons. The number of ether oxygens (including phenoxy) is 1. The Bertz CT molecular complexity index is 309. The van der Waals surface area contributed by atoms with E-state index in [-0.39, 0.29) is 12.1 Å². The normalized spacial score (nSPS) is 12.5. The van der Waals surface area contributed by atoms with E-state index in [1.165, 1.54) is 0 Å².